The predicted octanol–water partition coefficient (Wildman–Crippen LogP) is 3.96. The fraction of sp³-hybridized carbons (Fsp3) is 0.300. The Morgan fingerprint density at radius 2 is 1.70 bits per heavy atom. The molecule has 2 amide bonds. The summed E-state index contributed by atoms with van der Waals surface area (Å²) in [4.78, 5) is 25.6. The maximum absolute atomic E-state index is 13.0. The lowest BCUT2D eigenvalue weighted by Gasteiger charge is -2.18. The van der Waals surface area contributed by atoms with Gasteiger partial charge in [-0.05, 0) is 42.7 Å². The molecular formula is C20H21F3N2O2. The standard InChI is InChI=1S/C20H21F3N2O2/c1-13-8-9-15(10-14(13)2)11-19(27)25(3)12-18(26)24-17-7-5-4-6-16(17)20(21,22)23/h4-10H,11-12H2,1-3H3,(H,24,26). The molecule has 2 rings (SSSR count). The number of benzene rings is 2. The van der Waals surface area contributed by atoms with E-state index in [-0.39, 0.29) is 24.6 Å². The van der Waals surface area contributed by atoms with E-state index in [1.54, 1.807) is 0 Å². The molecule has 27 heavy (non-hydrogen) atoms. The Hall–Kier alpha value is -2.83. The lowest BCUT2D eigenvalue weighted by atomic mass is 10.0. The maximum Gasteiger partial charge on any atom is 0.418 e. The van der Waals surface area contributed by atoms with Crippen LogP contribution in [0.25, 0.3) is 0 Å². The topological polar surface area (TPSA) is 49.4 Å². The number of alkyl halides is 3. The van der Waals surface area contributed by atoms with Gasteiger partial charge in [0, 0.05) is 7.05 Å². The number of hydrogen-bond acceptors (Lipinski definition) is 2. The van der Waals surface area contributed by atoms with E-state index in [9.17, 15) is 22.8 Å². The van der Waals surface area contributed by atoms with Crippen LogP contribution >= 0.6 is 0 Å². The number of amides is 2. The molecule has 1 N–H and O–H groups in total. The van der Waals surface area contributed by atoms with Crippen LogP contribution in [-0.2, 0) is 22.2 Å². The zero-order valence-electron chi connectivity index (χ0n) is 15.4. The smallest absolute Gasteiger partial charge is 0.336 e. The average molecular weight is 378 g/mol. The number of halogens is 3. The Bertz CT molecular complexity index is 847. The van der Waals surface area contributed by atoms with Gasteiger partial charge in [-0.25, -0.2) is 0 Å². The van der Waals surface area contributed by atoms with Gasteiger partial charge in [-0.15, -0.1) is 0 Å². The van der Waals surface area contributed by atoms with Crippen molar-refractivity contribution in [2.45, 2.75) is 26.4 Å². The second-order valence-electron chi connectivity index (χ2n) is 6.44. The first kappa shape index (κ1) is 20.5. The third-order valence-corrected chi connectivity index (χ3v) is 4.24. The molecule has 0 heterocycles. The van der Waals surface area contributed by atoms with Crippen molar-refractivity contribution in [3.05, 3.63) is 64.7 Å². The number of hydrogen-bond donors (Lipinski definition) is 1. The number of carbonyl (C=O) groups is 2. The number of aryl methyl sites for hydroxylation is 2. The van der Waals surface area contributed by atoms with Crippen molar-refractivity contribution in [1.29, 1.82) is 0 Å². The summed E-state index contributed by atoms with van der Waals surface area (Å²) in [6.45, 7) is 3.57. The summed E-state index contributed by atoms with van der Waals surface area (Å²) in [7, 11) is 1.44. The van der Waals surface area contributed by atoms with Gasteiger partial charge in [-0.2, -0.15) is 13.2 Å². The van der Waals surface area contributed by atoms with Crippen molar-refractivity contribution in [3.8, 4) is 0 Å². The predicted molar refractivity (Wildman–Crippen MR) is 97.3 cm³/mol. The molecule has 0 aliphatic carbocycles. The van der Waals surface area contributed by atoms with E-state index in [4.69, 9.17) is 0 Å². The molecular weight excluding hydrogens is 357 g/mol. The van der Waals surface area contributed by atoms with E-state index in [0.717, 1.165) is 22.8 Å². The molecule has 2 aromatic rings. The number of carbonyl (C=O) groups excluding carboxylic acids is 2. The van der Waals surface area contributed by atoms with Gasteiger partial charge in [0.05, 0.1) is 24.2 Å². The quantitative estimate of drug-likeness (QED) is 0.856. The van der Waals surface area contributed by atoms with Crippen LogP contribution in [0.15, 0.2) is 42.5 Å². The number of likely N-dealkylation sites (N-methyl/N-ethyl adjacent to an activating group) is 1. The molecule has 7 heteroatoms. The zero-order chi connectivity index (χ0) is 20.2. The Morgan fingerprint density at radius 3 is 2.33 bits per heavy atom. The third-order valence-electron chi connectivity index (χ3n) is 4.24. The largest absolute Gasteiger partial charge is 0.418 e. The average Bonchev–Trinajstić information content (AvgIpc) is 2.57. The highest BCUT2D eigenvalue weighted by atomic mass is 19.4. The molecule has 0 fully saturated rings. The first-order valence-corrected chi connectivity index (χ1v) is 8.34. The normalized spacial score (nSPS) is 11.2. The van der Waals surface area contributed by atoms with E-state index in [0.29, 0.717) is 0 Å². The minimum absolute atomic E-state index is 0.115. The number of anilines is 1. The Kier molecular flexibility index (Phi) is 6.25. The van der Waals surface area contributed by atoms with Crippen LogP contribution in [0.2, 0.25) is 0 Å². The van der Waals surface area contributed by atoms with Gasteiger partial charge in [-0.1, -0.05) is 30.3 Å². The first-order chi connectivity index (χ1) is 12.6. The van der Waals surface area contributed by atoms with Crippen LogP contribution in [0.5, 0.6) is 0 Å². The van der Waals surface area contributed by atoms with Crippen molar-refractivity contribution in [2.75, 3.05) is 18.9 Å². The van der Waals surface area contributed by atoms with Crippen molar-refractivity contribution in [3.63, 3.8) is 0 Å². The monoisotopic (exact) mass is 378 g/mol. The second-order valence-corrected chi connectivity index (χ2v) is 6.44. The van der Waals surface area contributed by atoms with Gasteiger partial charge in [0.15, 0.2) is 0 Å². The summed E-state index contributed by atoms with van der Waals surface area (Å²) in [6, 6.07) is 10.4. The number of nitrogens with zero attached hydrogens (tertiary/aromatic N) is 1. The highest BCUT2D eigenvalue weighted by Gasteiger charge is 2.33. The van der Waals surface area contributed by atoms with Gasteiger partial charge in [0.1, 0.15) is 0 Å². The fourth-order valence-corrected chi connectivity index (χ4v) is 2.56. The summed E-state index contributed by atoms with van der Waals surface area (Å²) in [5.41, 5.74) is 1.73. The molecule has 0 aliphatic rings. The lowest BCUT2D eigenvalue weighted by Crippen LogP contribution is -2.36. The van der Waals surface area contributed by atoms with Crippen molar-refractivity contribution < 1.29 is 22.8 Å². The van der Waals surface area contributed by atoms with Crippen molar-refractivity contribution in [2.24, 2.45) is 0 Å². The molecule has 2 aromatic carbocycles. The summed E-state index contributed by atoms with van der Waals surface area (Å²) >= 11 is 0. The summed E-state index contributed by atoms with van der Waals surface area (Å²) in [5.74, 6) is -0.986. The Morgan fingerprint density at radius 1 is 1.04 bits per heavy atom. The second kappa shape index (κ2) is 8.24. The van der Waals surface area contributed by atoms with Gasteiger partial charge < -0.3 is 10.2 Å². The molecule has 144 valence electrons. The molecule has 0 saturated carbocycles. The van der Waals surface area contributed by atoms with Crippen LogP contribution in [0, 0.1) is 13.8 Å². The van der Waals surface area contributed by atoms with Crippen molar-refractivity contribution in [1.82, 2.24) is 4.90 Å². The van der Waals surface area contributed by atoms with Crippen LogP contribution < -0.4 is 5.32 Å². The summed E-state index contributed by atoms with van der Waals surface area (Å²) < 4.78 is 38.9. The SMILES string of the molecule is Cc1ccc(CC(=O)N(C)CC(=O)Nc2ccccc2C(F)(F)F)cc1C. The minimum Gasteiger partial charge on any atom is -0.336 e. The fourth-order valence-electron chi connectivity index (χ4n) is 2.56. The van der Waals surface area contributed by atoms with E-state index in [2.05, 4.69) is 5.32 Å². The highest BCUT2D eigenvalue weighted by Crippen LogP contribution is 2.34. The minimum atomic E-state index is -4.57. The molecule has 0 unspecified atom stereocenters. The van der Waals surface area contributed by atoms with E-state index >= 15 is 0 Å². The Balaban J connectivity index is 1.99. The molecule has 0 bridgehead atoms. The first-order valence-electron chi connectivity index (χ1n) is 8.34. The molecule has 0 aromatic heterocycles. The van der Waals surface area contributed by atoms with Crippen LogP contribution in [-0.4, -0.2) is 30.3 Å². The molecule has 0 radical (unpaired) electrons. The van der Waals surface area contributed by atoms with Crippen LogP contribution in [0.4, 0.5) is 18.9 Å². The molecule has 0 spiro atoms. The highest BCUT2D eigenvalue weighted by molar-refractivity contribution is 5.95. The number of para-hydroxylation sites is 1. The lowest BCUT2D eigenvalue weighted by molar-refractivity contribution is -0.137. The zero-order valence-corrected chi connectivity index (χ0v) is 15.4. The van der Waals surface area contributed by atoms with Gasteiger partial charge in [0.2, 0.25) is 11.8 Å². The van der Waals surface area contributed by atoms with Crippen LogP contribution in [0.1, 0.15) is 22.3 Å². The van der Waals surface area contributed by atoms with Gasteiger partial charge in [-0.3, -0.25) is 9.59 Å². The van der Waals surface area contributed by atoms with E-state index in [1.165, 1.54) is 30.1 Å². The number of nitrogens with one attached hydrogen (secondary N) is 1. The summed E-state index contributed by atoms with van der Waals surface area (Å²) in [6.07, 6.45) is -4.46. The van der Waals surface area contributed by atoms with E-state index in [1.807, 2.05) is 32.0 Å². The molecule has 4 nitrogen and oxygen atoms in total. The number of rotatable bonds is 5. The van der Waals surface area contributed by atoms with E-state index < -0.39 is 17.6 Å². The molecule has 0 atom stereocenters. The summed E-state index contributed by atoms with van der Waals surface area (Å²) in [5, 5.41) is 2.23. The van der Waals surface area contributed by atoms with Crippen LogP contribution in [0.3, 0.4) is 0 Å². The Labute approximate surface area is 156 Å². The van der Waals surface area contributed by atoms with Crippen molar-refractivity contribution >= 4 is 17.5 Å². The molecule has 0 saturated heterocycles. The maximum atomic E-state index is 13.0. The van der Waals surface area contributed by atoms with Gasteiger partial charge >= 0.3 is 6.18 Å². The van der Waals surface area contributed by atoms with Gasteiger partial charge in [0.25, 0.3) is 0 Å². The molecule has 0 aliphatic heterocycles. The third kappa shape index (κ3) is 5.57.